The molecule has 104 valence electrons. The van der Waals surface area contributed by atoms with Gasteiger partial charge in [0.15, 0.2) is 5.84 Å². The van der Waals surface area contributed by atoms with Crippen molar-refractivity contribution in [2.45, 2.75) is 6.92 Å². The van der Waals surface area contributed by atoms with E-state index in [1.54, 1.807) is 30.3 Å². The number of aryl methyl sites for hydroxylation is 1. The van der Waals surface area contributed by atoms with Gasteiger partial charge in [-0.05, 0) is 46.6 Å². The summed E-state index contributed by atoms with van der Waals surface area (Å²) >= 11 is 4.74. The number of rotatable bonds is 3. The molecule has 0 unspecified atom stereocenters. The number of hydrogen-bond donors (Lipinski definition) is 3. The second-order valence-corrected chi connectivity index (χ2v) is 6.42. The van der Waals surface area contributed by atoms with E-state index in [0.717, 1.165) is 9.35 Å². The number of hydrogen-bond acceptors (Lipinski definition) is 4. The van der Waals surface area contributed by atoms with E-state index in [4.69, 9.17) is 10.9 Å². The number of amides is 1. The van der Waals surface area contributed by atoms with E-state index < -0.39 is 0 Å². The molecule has 0 aliphatic rings. The number of carbonyl (C=O) groups is 1. The molecule has 1 aromatic heterocycles. The first-order valence-electron chi connectivity index (χ1n) is 5.67. The number of carbonyl (C=O) groups excluding carboxylic acids is 1. The third-order valence-electron chi connectivity index (χ3n) is 2.64. The van der Waals surface area contributed by atoms with Crippen LogP contribution in [-0.4, -0.2) is 17.0 Å². The van der Waals surface area contributed by atoms with Crippen molar-refractivity contribution in [3.8, 4) is 0 Å². The fraction of sp³-hybridized carbons (Fsp3) is 0.0769. The van der Waals surface area contributed by atoms with Crippen molar-refractivity contribution in [2.75, 3.05) is 5.32 Å². The van der Waals surface area contributed by atoms with Crippen LogP contribution >= 0.6 is 27.3 Å². The Kier molecular flexibility index (Phi) is 4.41. The monoisotopic (exact) mass is 353 g/mol. The topological polar surface area (TPSA) is 87.7 Å². The number of oxime groups is 1. The normalized spacial score (nSPS) is 11.4. The number of nitrogens with zero attached hydrogens (tertiary/aromatic N) is 1. The molecule has 2 aromatic rings. The van der Waals surface area contributed by atoms with Gasteiger partial charge in [-0.3, -0.25) is 4.79 Å². The highest BCUT2D eigenvalue weighted by Crippen LogP contribution is 2.28. The molecule has 0 radical (unpaired) electrons. The third kappa shape index (κ3) is 3.00. The average Bonchev–Trinajstić information content (AvgIpc) is 2.78. The minimum absolute atomic E-state index is 0.0514. The van der Waals surface area contributed by atoms with Crippen LogP contribution in [0.3, 0.4) is 0 Å². The SMILES string of the molecule is Cc1cc(C(=O)Nc2ccccc2/C(N)=N/O)sc1Br. The van der Waals surface area contributed by atoms with Crippen molar-refractivity contribution in [3.63, 3.8) is 0 Å². The summed E-state index contributed by atoms with van der Waals surface area (Å²) in [5.41, 5.74) is 7.55. The summed E-state index contributed by atoms with van der Waals surface area (Å²) < 4.78 is 0.923. The lowest BCUT2D eigenvalue weighted by atomic mass is 10.1. The molecule has 0 aliphatic carbocycles. The van der Waals surface area contributed by atoms with Gasteiger partial charge in [0.05, 0.1) is 14.4 Å². The zero-order valence-corrected chi connectivity index (χ0v) is 13.0. The summed E-state index contributed by atoms with van der Waals surface area (Å²) in [5.74, 6) is -0.286. The molecule has 2 rings (SSSR count). The van der Waals surface area contributed by atoms with Crippen LogP contribution in [0.2, 0.25) is 0 Å². The molecule has 0 spiro atoms. The Morgan fingerprint density at radius 3 is 2.75 bits per heavy atom. The number of nitrogens with two attached hydrogens (primary N) is 1. The van der Waals surface area contributed by atoms with Crippen LogP contribution in [0.4, 0.5) is 5.69 Å². The van der Waals surface area contributed by atoms with Crippen molar-refractivity contribution in [1.82, 2.24) is 0 Å². The Morgan fingerprint density at radius 2 is 2.15 bits per heavy atom. The summed E-state index contributed by atoms with van der Waals surface area (Å²) in [6.07, 6.45) is 0. The van der Waals surface area contributed by atoms with Gasteiger partial charge in [0.2, 0.25) is 0 Å². The number of nitrogens with one attached hydrogen (secondary N) is 1. The lowest BCUT2D eigenvalue weighted by Crippen LogP contribution is -2.18. The maximum atomic E-state index is 12.2. The molecular formula is C13H12BrN3O2S. The van der Waals surface area contributed by atoms with Gasteiger partial charge >= 0.3 is 0 Å². The van der Waals surface area contributed by atoms with Gasteiger partial charge in [0.25, 0.3) is 5.91 Å². The van der Waals surface area contributed by atoms with Crippen LogP contribution in [0.1, 0.15) is 20.8 Å². The summed E-state index contributed by atoms with van der Waals surface area (Å²) in [4.78, 5) is 12.8. The largest absolute Gasteiger partial charge is 0.409 e. The first kappa shape index (κ1) is 14.5. The minimum Gasteiger partial charge on any atom is -0.409 e. The van der Waals surface area contributed by atoms with Crippen molar-refractivity contribution >= 4 is 44.7 Å². The van der Waals surface area contributed by atoms with E-state index in [9.17, 15) is 4.79 Å². The molecule has 7 heteroatoms. The quantitative estimate of drug-likeness (QED) is 0.342. The smallest absolute Gasteiger partial charge is 0.265 e. The van der Waals surface area contributed by atoms with E-state index in [1.807, 2.05) is 6.92 Å². The van der Waals surface area contributed by atoms with Crippen LogP contribution < -0.4 is 11.1 Å². The van der Waals surface area contributed by atoms with Gasteiger partial charge in [-0.25, -0.2) is 0 Å². The molecule has 1 amide bonds. The zero-order valence-electron chi connectivity index (χ0n) is 10.6. The van der Waals surface area contributed by atoms with Crippen LogP contribution in [0.25, 0.3) is 0 Å². The van der Waals surface area contributed by atoms with Crippen LogP contribution in [-0.2, 0) is 0 Å². The predicted molar refractivity (Wildman–Crippen MR) is 83.7 cm³/mol. The Bertz CT molecular complexity index is 663. The van der Waals surface area contributed by atoms with Crippen molar-refractivity contribution in [3.05, 3.63) is 50.1 Å². The van der Waals surface area contributed by atoms with Crippen LogP contribution in [0.5, 0.6) is 0 Å². The molecular weight excluding hydrogens is 342 g/mol. The molecule has 1 aromatic carbocycles. The number of thiophene rings is 1. The molecule has 4 N–H and O–H groups in total. The summed E-state index contributed by atoms with van der Waals surface area (Å²) in [5, 5.41) is 14.5. The Hall–Kier alpha value is -1.86. The molecule has 5 nitrogen and oxygen atoms in total. The molecule has 20 heavy (non-hydrogen) atoms. The fourth-order valence-corrected chi connectivity index (χ4v) is 3.06. The number of amidine groups is 1. The first-order valence-corrected chi connectivity index (χ1v) is 7.28. The maximum Gasteiger partial charge on any atom is 0.265 e. The van der Waals surface area contributed by atoms with Crippen LogP contribution in [0, 0.1) is 6.92 Å². The average molecular weight is 354 g/mol. The lowest BCUT2D eigenvalue weighted by Gasteiger charge is -2.08. The van der Waals surface area contributed by atoms with Gasteiger partial charge in [0, 0.05) is 5.56 Å². The maximum absolute atomic E-state index is 12.2. The van der Waals surface area contributed by atoms with Gasteiger partial charge in [-0.15, -0.1) is 11.3 Å². The Labute approximate surface area is 128 Å². The summed E-state index contributed by atoms with van der Waals surface area (Å²) in [6, 6.07) is 8.67. The number of benzene rings is 1. The van der Waals surface area contributed by atoms with Gasteiger partial charge in [0.1, 0.15) is 0 Å². The van der Waals surface area contributed by atoms with Crippen molar-refractivity contribution in [2.24, 2.45) is 10.9 Å². The van der Waals surface area contributed by atoms with Gasteiger partial charge < -0.3 is 16.3 Å². The molecule has 1 heterocycles. The van der Waals surface area contributed by atoms with E-state index in [1.165, 1.54) is 11.3 Å². The van der Waals surface area contributed by atoms with E-state index >= 15 is 0 Å². The number of anilines is 1. The number of halogens is 1. The minimum atomic E-state index is -0.234. The number of para-hydroxylation sites is 1. The highest BCUT2D eigenvalue weighted by molar-refractivity contribution is 9.11. The fourth-order valence-electron chi connectivity index (χ4n) is 1.63. The van der Waals surface area contributed by atoms with Gasteiger partial charge in [-0.1, -0.05) is 17.3 Å². The standard InChI is InChI=1S/C13H12BrN3O2S/c1-7-6-10(20-11(7)14)13(18)16-9-5-3-2-4-8(9)12(15)17-19/h2-6,19H,1H3,(H2,15,17)(H,16,18). The third-order valence-corrected chi connectivity index (χ3v) is 4.78. The second kappa shape index (κ2) is 6.06. The first-order chi connectivity index (χ1) is 9.52. The summed E-state index contributed by atoms with van der Waals surface area (Å²) in [7, 11) is 0. The predicted octanol–water partition coefficient (Wildman–Crippen LogP) is 3.17. The summed E-state index contributed by atoms with van der Waals surface area (Å²) in [6.45, 7) is 1.92. The lowest BCUT2D eigenvalue weighted by molar-refractivity contribution is 0.103. The molecule has 0 bridgehead atoms. The molecule has 0 atom stereocenters. The van der Waals surface area contributed by atoms with E-state index in [0.29, 0.717) is 16.1 Å². The van der Waals surface area contributed by atoms with E-state index in [-0.39, 0.29) is 11.7 Å². The zero-order chi connectivity index (χ0) is 14.7. The Morgan fingerprint density at radius 1 is 1.45 bits per heavy atom. The Balaban J connectivity index is 2.28. The molecule has 0 fully saturated rings. The highest BCUT2D eigenvalue weighted by atomic mass is 79.9. The van der Waals surface area contributed by atoms with Crippen molar-refractivity contribution in [1.29, 1.82) is 0 Å². The molecule has 0 saturated carbocycles. The molecule has 0 saturated heterocycles. The highest BCUT2D eigenvalue weighted by Gasteiger charge is 2.14. The molecule has 0 aliphatic heterocycles. The van der Waals surface area contributed by atoms with Gasteiger partial charge in [-0.2, -0.15) is 0 Å². The second-order valence-electron chi connectivity index (χ2n) is 4.05. The van der Waals surface area contributed by atoms with E-state index in [2.05, 4.69) is 26.4 Å². The van der Waals surface area contributed by atoms with Crippen LogP contribution in [0.15, 0.2) is 39.3 Å². The van der Waals surface area contributed by atoms with Crippen molar-refractivity contribution < 1.29 is 10.0 Å².